The van der Waals surface area contributed by atoms with E-state index in [9.17, 15) is 9.59 Å². The van der Waals surface area contributed by atoms with Crippen LogP contribution in [0.25, 0.3) is 21.3 Å². The first kappa shape index (κ1) is 20.0. The lowest BCUT2D eigenvalue weighted by atomic mass is 9.99. The molecule has 0 saturated heterocycles. The maximum atomic E-state index is 13.3. The Kier molecular flexibility index (Phi) is 5.50. The van der Waals surface area contributed by atoms with Crippen LogP contribution in [0.5, 0.6) is 0 Å². The van der Waals surface area contributed by atoms with Crippen molar-refractivity contribution >= 4 is 33.1 Å². The summed E-state index contributed by atoms with van der Waals surface area (Å²) < 4.78 is 1.40. The molecule has 0 spiro atoms. The molecule has 1 N–H and O–H groups in total. The molecule has 2 heterocycles. The van der Waals surface area contributed by atoms with E-state index in [0.717, 1.165) is 11.1 Å². The van der Waals surface area contributed by atoms with E-state index in [1.54, 1.807) is 6.92 Å². The molecule has 0 aliphatic rings. The van der Waals surface area contributed by atoms with Crippen LogP contribution in [-0.4, -0.2) is 15.5 Å². The fourth-order valence-electron chi connectivity index (χ4n) is 3.38. The van der Waals surface area contributed by atoms with E-state index < -0.39 is 6.04 Å². The smallest absolute Gasteiger partial charge is 0.263 e. The Hall–Kier alpha value is -3.25. The Balaban J connectivity index is 1.70. The minimum atomic E-state index is -0.689. The second kappa shape index (κ2) is 8.24. The van der Waals surface area contributed by atoms with Gasteiger partial charge in [-0.05, 0) is 36.1 Å². The van der Waals surface area contributed by atoms with Gasteiger partial charge in [-0.3, -0.25) is 14.2 Å². The molecule has 0 radical (unpaired) electrons. The maximum Gasteiger partial charge on any atom is 0.263 e. The third kappa shape index (κ3) is 3.78. The van der Waals surface area contributed by atoms with Gasteiger partial charge in [-0.15, -0.1) is 11.3 Å². The third-order valence-corrected chi connectivity index (χ3v) is 6.13. The highest BCUT2D eigenvalue weighted by atomic mass is 32.1. The quantitative estimate of drug-likeness (QED) is 0.470. The lowest BCUT2D eigenvalue weighted by Crippen LogP contribution is -2.31. The van der Waals surface area contributed by atoms with E-state index in [0.29, 0.717) is 21.8 Å². The fraction of sp³-hybridized carbons (Fsp3) is 0.208. The number of fused-ring (bicyclic) bond motifs is 1. The molecule has 0 aliphatic heterocycles. The predicted molar refractivity (Wildman–Crippen MR) is 123 cm³/mol. The van der Waals surface area contributed by atoms with Crippen LogP contribution < -0.4 is 10.9 Å². The highest BCUT2D eigenvalue weighted by molar-refractivity contribution is 7.17. The first-order valence-corrected chi connectivity index (χ1v) is 10.8. The number of amides is 1. The van der Waals surface area contributed by atoms with Crippen LogP contribution in [-0.2, 0) is 4.79 Å². The highest BCUT2D eigenvalue weighted by Gasteiger charge is 2.20. The van der Waals surface area contributed by atoms with Crippen LogP contribution in [0.3, 0.4) is 0 Å². The lowest BCUT2D eigenvalue weighted by Gasteiger charge is -2.15. The lowest BCUT2D eigenvalue weighted by molar-refractivity contribution is -0.118. The molecule has 4 aromatic rings. The van der Waals surface area contributed by atoms with Gasteiger partial charge in [-0.25, -0.2) is 4.98 Å². The first-order chi connectivity index (χ1) is 14.5. The first-order valence-electron chi connectivity index (χ1n) is 9.90. The van der Waals surface area contributed by atoms with Crippen LogP contribution in [0.2, 0.25) is 0 Å². The number of carbonyl (C=O) groups excluding carboxylic acids is 1. The molecule has 0 bridgehead atoms. The summed E-state index contributed by atoms with van der Waals surface area (Å²) in [5.74, 6) is 0.184. The summed E-state index contributed by atoms with van der Waals surface area (Å²) in [5, 5.41) is 5.36. The third-order valence-electron chi connectivity index (χ3n) is 5.25. The molecule has 152 valence electrons. The van der Waals surface area contributed by atoms with Crippen molar-refractivity contribution in [1.82, 2.24) is 9.55 Å². The molecule has 0 fully saturated rings. The molecular formula is C24H23N3O2S. The van der Waals surface area contributed by atoms with Gasteiger partial charge in [0, 0.05) is 16.6 Å². The number of nitrogens with zero attached hydrogens (tertiary/aromatic N) is 2. The molecule has 1 amide bonds. The number of hydrogen-bond acceptors (Lipinski definition) is 4. The van der Waals surface area contributed by atoms with Crippen molar-refractivity contribution in [3.05, 3.63) is 82.2 Å². The van der Waals surface area contributed by atoms with Crippen LogP contribution in [0.4, 0.5) is 5.69 Å². The zero-order valence-corrected chi connectivity index (χ0v) is 17.9. The SMILES string of the molecule is CC(C)c1ccc(-c2csc3ncn([C@@H](C)C(=O)Nc4ccccc4)c(=O)c23)cc1. The van der Waals surface area contributed by atoms with Gasteiger partial charge in [-0.2, -0.15) is 0 Å². The average Bonchev–Trinajstić information content (AvgIpc) is 3.19. The number of para-hydroxylation sites is 1. The Morgan fingerprint density at radius 2 is 1.73 bits per heavy atom. The number of carbonyl (C=O) groups is 1. The summed E-state index contributed by atoms with van der Waals surface area (Å²) in [6.07, 6.45) is 1.46. The minimum absolute atomic E-state index is 0.208. The molecule has 2 aromatic carbocycles. The van der Waals surface area contributed by atoms with Crippen molar-refractivity contribution in [2.75, 3.05) is 5.32 Å². The molecule has 2 aromatic heterocycles. The molecule has 1 atom stereocenters. The molecule has 0 aliphatic carbocycles. The summed E-state index contributed by atoms with van der Waals surface area (Å²) >= 11 is 1.44. The fourth-order valence-corrected chi connectivity index (χ4v) is 4.28. The van der Waals surface area contributed by atoms with Crippen LogP contribution in [0.1, 0.15) is 38.3 Å². The second-order valence-corrected chi connectivity index (χ2v) is 8.45. The predicted octanol–water partition coefficient (Wildman–Crippen LogP) is 5.45. The molecule has 4 rings (SSSR count). The number of rotatable bonds is 5. The summed E-state index contributed by atoms with van der Waals surface area (Å²) in [4.78, 5) is 31.1. The molecule has 5 nitrogen and oxygen atoms in total. The van der Waals surface area contributed by atoms with Crippen molar-refractivity contribution in [2.45, 2.75) is 32.7 Å². The zero-order chi connectivity index (χ0) is 21.3. The number of nitrogens with one attached hydrogen (secondary N) is 1. The van der Waals surface area contributed by atoms with Crippen molar-refractivity contribution in [2.24, 2.45) is 0 Å². The Morgan fingerprint density at radius 1 is 1.03 bits per heavy atom. The van der Waals surface area contributed by atoms with E-state index in [-0.39, 0.29) is 11.5 Å². The second-order valence-electron chi connectivity index (χ2n) is 7.59. The molecule has 0 saturated carbocycles. The van der Waals surface area contributed by atoms with Crippen molar-refractivity contribution in [1.29, 1.82) is 0 Å². The van der Waals surface area contributed by atoms with Gasteiger partial charge in [0.1, 0.15) is 10.9 Å². The number of aromatic nitrogens is 2. The van der Waals surface area contributed by atoms with Crippen LogP contribution in [0, 0.1) is 0 Å². The van der Waals surface area contributed by atoms with Gasteiger partial charge in [-0.1, -0.05) is 56.3 Å². The minimum Gasteiger partial charge on any atom is -0.324 e. The van der Waals surface area contributed by atoms with Gasteiger partial charge in [0.25, 0.3) is 5.56 Å². The average molecular weight is 418 g/mol. The standard InChI is InChI=1S/C24H23N3O2S/c1-15(2)17-9-11-18(12-10-17)20-13-30-23-21(20)24(29)27(14-25-23)16(3)22(28)26-19-7-5-4-6-8-19/h4-16H,1-3H3,(H,26,28)/t16-/m0/s1. The van der Waals surface area contributed by atoms with E-state index in [1.165, 1.54) is 27.8 Å². The van der Waals surface area contributed by atoms with E-state index in [4.69, 9.17) is 0 Å². The number of hydrogen-bond donors (Lipinski definition) is 1. The van der Waals surface area contributed by atoms with Gasteiger partial charge in [0.05, 0.1) is 11.7 Å². The van der Waals surface area contributed by atoms with Gasteiger partial charge < -0.3 is 5.32 Å². The monoisotopic (exact) mass is 417 g/mol. The van der Waals surface area contributed by atoms with Gasteiger partial charge in [0.2, 0.25) is 5.91 Å². The van der Waals surface area contributed by atoms with E-state index in [1.807, 2.05) is 47.8 Å². The molecule has 0 unspecified atom stereocenters. The van der Waals surface area contributed by atoms with Crippen molar-refractivity contribution in [3.8, 4) is 11.1 Å². The zero-order valence-electron chi connectivity index (χ0n) is 17.1. The van der Waals surface area contributed by atoms with Crippen molar-refractivity contribution < 1.29 is 4.79 Å². The number of benzene rings is 2. The highest BCUT2D eigenvalue weighted by Crippen LogP contribution is 2.31. The summed E-state index contributed by atoms with van der Waals surface area (Å²) in [7, 11) is 0. The largest absolute Gasteiger partial charge is 0.324 e. The maximum absolute atomic E-state index is 13.3. The summed E-state index contributed by atoms with van der Waals surface area (Å²) in [5.41, 5.74) is 3.56. The number of thiophene rings is 1. The van der Waals surface area contributed by atoms with Gasteiger partial charge >= 0.3 is 0 Å². The Morgan fingerprint density at radius 3 is 2.40 bits per heavy atom. The molecular weight excluding hydrogens is 394 g/mol. The Labute approximate surface area is 179 Å². The van der Waals surface area contributed by atoms with Crippen LogP contribution in [0.15, 0.2) is 71.1 Å². The van der Waals surface area contributed by atoms with Crippen LogP contribution >= 0.6 is 11.3 Å². The number of anilines is 1. The molecule has 30 heavy (non-hydrogen) atoms. The van der Waals surface area contributed by atoms with Gasteiger partial charge in [0.15, 0.2) is 0 Å². The molecule has 6 heteroatoms. The normalized spacial score (nSPS) is 12.3. The summed E-state index contributed by atoms with van der Waals surface area (Å²) in [6, 6.07) is 16.8. The van der Waals surface area contributed by atoms with E-state index >= 15 is 0 Å². The Bertz CT molecular complexity index is 1240. The summed E-state index contributed by atoms with van der Waals surface area (Å²) in [6.45, 7) is 6.01. The van der Waals surface area contributed by atoms with Crippen molar-refractivity contribution in [3.63, 3.8) is 0 Å². The topological polar surface area (TPSA) is 64.0 Å². The van der Waals surface area contributed by atoms with E-state index in [2.05, 4.69) is 36.3 Å².